The smallest absolute Gasteiger partial charge is 0.274 e. The van der Waals surface area contributed by atoms with Crippen LogP contribution in [0.5, 0.6) is 0 Å². The van der Waals surface area contributed by atoms with Crippen molar-refractivity contribution in [2.24, 2.45) is 0 Å². The van der Waals surface area contributed by atoms with Crippen LogP contribution in [-0.4, -0.2) is 22.6 Å². The summed E-state index contributed by atoms with van der Waals surface area (Å²) >= 11 is 0. The molecule has 0 aromatic carbocycles. The number of aromatic nitrogens is 2. The van der Waals surface area contributed by atoms with Crippen molar-refractivity contribution in [3.05, 3.63) is 23.5 Å². The lowest BCUT2D eigenvalue weighted by Gasteiger charge is -1.99. The molecule has 0 fully saturated rings. The summed E-state index contributed by atoms with van der Waals surface area (Å²) in [4.78, 5) is 11.4. The van der Waals surface area contributed by atoms with Crippen molar-refractivity contribution in [3.63, 3.8) is 0 Å². The molecule has 0 atom stereocenters. The Kier molecular flexibility index (Phi) is 3.28. The number of amides is 1. The van der Waals surface area contributed by atoms with Gasteiger partial charge in [-0.2, -0.15) is 5.10 Å². The Balaban J connectivity index is 2.65. The highest BCUT2D eigenvalue weighted by molar-refractivity contribution is 5.97. The molecule has 0 aliphatic rings. The van der Waals surface area contributed by atoms with Gasteiger partial charge in [-0.05, 0) is 13.8 Å². The van der Waals surface area contributed by atoms with E-state index in [-0.39, 0.29) is 11.6 Å². The first-order valence-electron chi connectivity index (χ1n) is 4.36. The van der Waals surface area contributed by atoms with Gasteiger partial charge in [-0.25, -0.2) is 0 Å². The zero-order valence-corrected chi connectivity index (χ0v) is 8.29. The third-order valence-corrected chi connectivity index (χ3v) is 1.83. The third kappa shape index (κ3) is 2.12. The second kappa shape index (κ2) is 4.45. The summed E-state index contributed by atoms with van der Waals surface area (Å²) in [5.41, 5.74) is 7.01. The predicted molar refractivity (Wildman–Crippen MR) is 54.9 cm³/mol. The number of hydrogen-bond acceptors (Lipinski definition) is 3. The number of H-pyrrole nitrogens is 1. The standard InChI is InChI=1S/C9H14N4O/c1-3-4-5-11-9(14)8-7(10)6(2)12-13-8/h3-4H,5,10H2,1-2H3,(H,11,14)(H,12,13)/b4-3+. The van der Waals surface area contributed by atoms with Gasteiger partial charge in [-0.1, -0.05) is 12.2 Å². The van der Waals surface area contributed by atoms with Gasteiger partial charge in [-0.15, -0.1) is 0 Å². The first kappa shape index (κ1) is 10.3. The third-order valence-electron chi connectivity index (χ3n) is 1.83. The van der Waals surface area contributed by atoms with Crippen LogP contribution < -0.4 is 11.1 Å². The van der Waals surface area contributed by atoms with E-state index < -0.39 is 0 Å². The largest absolute Gasteiger partial charge is 0.395 e. The topological polar surface area (TPSA) is 83.8 Å². The summed E-state index contributed by atoms with van der Waals surface area (Å²) in [6.07, 6.45) is 3.70. The van der Waals surface area contributed by atoms with Crippen molar-refractivity contribution in [3.8, 4) is 0 Å². The van der Waals surface area contributed by atoms with E-state index in [9.17, 15) is 4.79 Å². The number of aryl methyl sites for hydroxylation is 1. The van der Waals surface area contributed by atoms with Gasteiger partial charge in [0, 0.05) is 6.54 Å². The first-order chi connectivity index (χ1) is 6.66. The number of nitrogens with one attached hydrogen (secondary N) is 2. The van der Waals surface area contributed by atoms with Crippen LogP contribution in [0.25, 0.3) is 0 Å². The van der Waals surface area contributed by atoms with E-state index in [1.807, 2.05) is 19.1 Å². The van der Waals surface area contributed by atoms with Crippen LogP contribution >= 0.6 is 0 Å². The minimum atomic E-state index is -0.259. The summed E-state index contributed by atoms with van der Waals surface area (Å²) < 4.78 is 0. The summed E-state index contributed by atoms with van der Waals surface area (Å²) in [6, 6.07) is 0. The van der Waals surface area contributed by atoms with Crippen molar-refractivity contribution in [1.29, 1.82) is 0 Å². The van der Waals surface area contributed by atoms with E-state index in [0.29, 0.717) is 17.9 Å². The Bertz CT molecular complexity index is 354. The number of carbonyl (C=O) groups excluding carboxylic acids is 1. The summed E-state index contributed by atoms with van der Waals surface area (Å²) in [6.45, 7) is 4.14. The molecule has 76 valence electrons. The number of rotatable bonds is 3. The fourth-order valence-electron chi connectivity index (χ4n) is 0.964. The van der Waals surface area contributed by atoms with E-state index in [1.54, 1.807) is 6.92 Å². The van der Waals surface area contributed by atoms with Gasteiger partial charge < -0.3 is 11.1 Å². The van der Waals surface area contributed by atoms with Crippen LogP contribution in [0.2, 0.25) is 0 Å². The highest BCUT2D eigenvalue weighted by Gasteiger charge is 2.13. The molecule has 0 radical (unpaired) electrons. The maximum absolute atomic E-state index is 11.4. The van der Waals surface area contributed by atoms with Gasteiger partial charge in [0.1, 0.15) is 0 Å². The molecule has 4 N–H and O–H groups in total. The molecule has 0 unspecified atom stereocenters. The molecule has 5 nitrogen and oxygen atoms in total. The number of nitrogens with zero attached hydrogens (tertiary/aromatic N) is 1. The lowest BCUT2D eigenvalue weighted by Crippen LogP contribution is -2.24. The Morgan fingerprint density at radius 3 is 2.93 bits per heavy atom. The summed E-state index contributed by atoms with van der Waals surface area (Å²) in [5.74, 6) is -0.259. The average molecular weight is 194 g/mol. The molecule has 0 bridgehead atoms. The van der Waals surface area contributed by atoms with Gasteiger partial charge in [0.05, 0.1) is 11.4 Å². The number of carbonyl (C=O) groups is 1. The minimum Gasteiger partial charge on any atom is -0.395 e. The molecule has 0 spiro atoms. The van der Waals surface area contributed by atoms with Crippen molar-refractivity contribution >= 4 is 11.6 Å². The lowest BCUT2D eigenvalue weighted by molar-refractivity contribution is 0.0954. The average Bonchev–Trinajstić information content (AvgIpc) is 2.48. The van der Waals surface area contributed by atoms with Gasteiger partial charge in [0.25, 0.3) is 5.91 Å². The normalized spacial score (nSPS) is 10.7. The highest BCUT2D eigenvalue weighted by atomic mass is 16.1. The molecule has 1 aromatic heterocycles. The van der Waals surface area contributed by atoms with E-state index in [2.05, 4.69) is 15.5 Å². The Hall–Kier alpha value is -1.78. The van der Waals surface area contributed by atoms with Crippen molar-refractivity contribution in [2.45, 2.75) is 13.8 Å². The van der Waals surface area contributed by atoms with Crippen LogP contribution in [0.3, 0.4) is 0 Å². The number of nitrogens with two attached hydrogens (primary N) is 1. The molecule has 0 aliphatic carbocycles. The van der Waals surface area contributed by atoms with Crippen molar-refractivity contribution in [1.82, 2.24) is 15.5 Å². The number of allylic oxidation sites excluding steroid dienone is 1. The Labute approximate surface area is 82.4 Å². The van der Waals surface area contributed by atoms with Gasteiger partial charge in [-0.3, -0.25) is 9.89 Å². The van der Waals surface area contributed by atoms with E-state index in [1.165, 1.54) is 0 Å². The molecule has 1 aromatic rings. The zero-order valence-electron chi connectivity index (χ0n) is 8.29. The van der Waals surface area contributed by atoms with Crippen LogP contribution in [0, 0.1) is 6.92 Å². The molecule has 1 heterocycles. The minimum absolute atomic E-state index is 0.256. The van der Waals surface area contributed by atoms with Crippen LogP contribution in [0.15, 0.2) is 12.2 Å². The van der Waals surface area contributed by atoms with Crippen molar-refractivity contribution < 1.29 is 4.79 Å². The monoisotopic (exact) mass is 194 g/mol. The highest BCUT2D eigenvalue weighted by Crippen LogP contribution is 2.11. The molecule has 5 heteroatoms. The Morgan fingerprint density at radius 1 is 1.71 bits per heavy atom. The fourth-order valence-corrected chi connectivity index (χ4v) is 0.964. The van der Waals surface area contributed by atoms with Gasteiger partial charge in [0.15, 0.2) is 5.69 Å². The summed E-state index contributed by atoms with van der Waals surface area (Å²) in [5, 5.41) is 9.13. The maximum atomic E-state index is 11.4. The van der Waals surface area contributed by atoms with Gasteiger partial charge >= 0.3 is 0 Å². The lowest BCUT2D eigenvalue weighted by atomic mass is 10.3. The molecule has 0 saturated heterocycles. The molecule has 1 rings (SSSR count). The fraction of sp³-hybridized carbons (Fsp3) is 0.333. The van der Waals surface area contributed by atoms with E-state index >= 15 is 0 Å². The molecule has 0 saturated carbocycles. The number of nitrogen functional groups attached to an aromatic ring is 1. The van der Waals surface area contributed by atoms with Crippen molar-refractivity contribution in [2.75, 3.05) is 12.3 Å². The number of anilines is 1. The predicted octanol–water partition coefficient (Wildman–Crippen LogP) is 0.606. The quantitative estimate of drug-likeness (QED) is 0.616. The number of hydrogen-bond donors (Lipinski definition) is 3. The molecule has 0 aliphatic heterocycles. The van der Waals surface area contributed by atoms with Crippen LogP contribution in [-0.2, 0) is 0 Å². The molecular weight excluding hydrogens is 180 g/mol. The maximum Gasteiger partial charge on any atom is 0.274 e. The van der Waals surface area contributed by atoms with Crippen LogP contribution in [0.1, 0.15) is 23.1 Å². The molecular formula is C9H14N4O. The Morgan fingerprint density at radius 2 is 2.43 bits per heavy atom. The SMILES string of the molecule is C/C=C/CNC(=O)c1n[nH]c(C)c1N. The van der Waals surface area contributed by atoms with E-state index in [0.717, 1.165) is 0 Å². The molecule has 14 heavy (non-hydrogen) atoms. The first-order valence-corrected chi connectivity index (χ1v) is 4.36. The number of aromatic amines is 1. The second-order valence-corrected chi connectivity index (χ2v) is 2.89. The van der Waals surface area contributed by atoms with Crippen LogP contribution in [0.4, 0.5) is 5.69 Å². The second-order valence-electron chi connectivity index (χ2n) is 2.89. The zero-order chi connectivity index (χ0) is 10.6. The van der Waals surface area contributed by atoms with E-state index in [4.69, 9.17) is 5.73 Å². The molecule has 1 amide bonds. The van der Waals surface area contributed by atoms with Gasteiger partial charge in [0.2, 0.25) is 0 Å². The summed E-state index contributed by atoms with van der Waals surface area (Å²) in [7, 11) is 0.